The third-order valence-corrected chi connectivity index (χ3v) is 4.02. The van der Waals surface area contributed by atoms with E-state index in [1.165, 1.54) is 5.56 Å². The number of hydrogen-bond donors (Lipinski definition) is 1. The molecular formula is C14H18BrNO2. The zero-order valence-electron chi connectivity index (χ0n) is 10.7. The zero-order chi connectivity index (χ0) is 13.1. The predicted molar refractivity (Wildman–Crippen MR) is 75.6 cm³/mol. The highest BCUT2D eigenvalue weighted by Gasteiger charge is 2.28. The molecule has 18 heavy (non-hydrogen) atoms. The second kappa shape index (κ2) is 5.85. The van der Waals surface area contributed by atoms with Gasteiger partial charge in [0.2, 0.25) is 5.91 Å². The lowest BCUT2D eigenvalue weighted by molar-refractivity contribution is -0.125. The van der Waals surface area contributed by atoms with Gasteiger partial charge in [-0.15, -0.1) is 0 Å². The van der Waals surface area contributed by atoms with Crippen LogP contribution in [0.2, 0.25) is 0 Å². The van der Waals surface area contributed by atoms with Crippen LogP contribution < -0.4 is 5.32 Å². The number of carbonyl (C=O) groups excluding carboxylic acids is 1. The summed E-state index contributed by atoms with van der Waals surface area (Å²) in [6.45, 7) is 5.44. The molecule has 1 aliphatic rings. The second-order valence-electron chi connectivity index (χ2n) is 4.92. The average Bonchev–Trinajstić information content (AvgIpc) is 2.33. The highest BCUT2D eigenvalue weighted by atomic mass is 79.9. The highest BCUT2D eigenvalue weighted by molar-refractivity contribution is 9.10. The van der Waals surface area contributed by atoms with Gasteiger partial charge < -0.3 is 10.1 Å². The van der Waals surface area contributed by atoms with Crippen molar-refractivity contribution >= 4 is 27.5 Å². The van der Waals surface area contributed by atoms with E-state index in [4.69, 9.17) is 4.74 Å². The van der Waals surface area contributed by atoms with Gasteiger partial charge in [-0.25, -0.2) is 0 Å². The minimum atomic E-state index is 0.0481. The van der Waals surface area contributed by atoms with Gasteiger partial charge in [0, 0.05) is 23.6 Å². The van der Waals surface area contributed by atoms with E-state index < -0.39 is 0 Å². The van der Waals surface area contributed by atoms with Crippen molar-refractivity contribution in [1.29, 1.82) is 0 Å². The summed E-state index contributed by atoms with van der Waals surface area (Å²) in [4.78, 5) is 12.2. The van der Waals surface area contributed by atoms with Crippen molar-refractivity contribution in [2.24, 2.45) is 11.8 Å². The lowest BCUT2D eigenvalue weighted by atomic mass is 9.89. The summed E-state index contributed by atoms with van der Waals surface area (Å²) < 4.78 is 6.29. The summed E-state index contributed by atoms with van der Waals surface area (Å²) >= 11 is 3.48. The number of anilines is 1. The Balaban J connectivity index is 2.06. The van der Waals surface area contributed by atoms with Gasteiger partial charge in [0.05, 0.1) is 5.69 Å². The topological polar surface area (TPSA) is 38.3 Å². The van der Waals surface area contributed by atoms with Crippen LogP contribution in [-0.4, -0.2) is 19.1 Å². The van der Waals surface area contributed by atoms with Crippen LogP contribution in [0.4, 0.5) is 5.69 Å². The molecule has 0 bridgehead atoms. The van der Waals surface area contributed by atoms with Crippen LogP contribution >= 0.6 is 15.9 Å². The second-order valence-corrected chi connectivity index (χ2v) is 5.77. The molecule has 1 aromatic carbocycles. The van der Waals surface area contributed by atoms with Gasteiger partial charge in [0.1, 0.15) is 0 Å². The number of hydrogen-bond acceptors (Lipinski definition) is 2. The Morgan fingerprint density at radius 2 is 2.28 bits per heavy atom. The summed E-state index contributed by atoms with van der Waals surface area (Å²) in [7, 11) is 0. The third-order valence-electron chi connectivity index (χ3n) is 3.36. The van der Waals surface area contributed by atoms with Crippen molar-refractivity contribution in [3.8, 4) is 0 Å². The Morgan fingerprint density at radius 1 is 1.50 bits per heavy atom. The molecular weight excluding hydrogens is 294 g/mol. The van der Waals surface area contributed by atoms with Crippen LogP contribution in [0.25, 0.3) is 0 Å². The number of amides is 1. The van der Waals surface area contributed by atoms with Crippen LogP contribution in [0.15, 0.2) is 22.7 Å². The molecule has 0 aromatic heterocycles. The van der Waals surface area contributed by atoms with Gasteiger partial charge in [-0.3, -0.25) is 4.79 Å². The van der Waals surface area contributed by atoms with E-state index >= 15 is 0 Å². The number of nitrogens with one attached hydrogen (secondary N) is 1. The number of benzene rings is 1. The molecule has 1 aromatic rings. The predicted octanol–water partition coefficient (Wildman–Crippen LogP) is 3.37. The molecule has 0 spiro atoms. The van der Waals surface area contributed by atoms with Crippen molar-refractivity contribution in [1.82, 2.24) is 0 Å². The summed E-state index contributed by atoms with van der Waals surface area (Å²) in [5.74, 6) is 0.422. The summed E-state index contributed by atoms with van der Waals surface area (Å²) in [6.07, 6.45) is 0.802. The Kier molecular flexibility index (Phi) is 4.40. The van der Waals surface area contributed by atoms with Crippen LogP contribution in [0, 0.1) is 18.8 Å². The average molecular weight is 312 g/mol. The zero-order valence-corrected chi connectivity index (χ0v) is 12.3. The maximum absolute atomic E-state index is 12.2. The lowest BCUT2D eigenvalue weighted by Crippen LogP contribution is -2.35. The monoisotopic (exact) mass is 311 g/mol. The Bertz CT molecular complexity index is 447. The van der Waals surface area contributed by atoms with Crippen molar-refractivity contribution in [2.75, 3.05) is 18.5 Å². The minimum absolute atomic E-state index is 0.0481. The Labute approximate surface area is 116 Å². The van der Waals surface area contributed by atoms with E-state index in [-0.39, 0.29) is 17.7 Å². The first kappa shape index (κ1) is 13.6. The molecule has 4 heteroatoms. The van der Waals surface area contributed by atoms with Crippen LogP contribution in [0.1, 0.15) is 18.9 Å². The van der Waals surface area contributed by atoms with Gasteiger partial charge in [0.15, 0.2) is 0 Å². The fourth-order valence-corrected chi connectivity index (χ4v) is 2.81. The van der Waals surface area contributed by atoms with Crippen molar-refractivity contribution in [3.63, 3.8) is 0 Å². The molecule has 2 rings (SSSR count). The smallest absolute Gasteiger partial charge is 0.227 e. The molecule has 1 saturated heterocycles. The fraction of sp³-hybridized carbons (Fsp3) is 0.500. The SMILES string of the molecule is Cc1ccc(NC(=O)C2CCOCC2C)c(Br)c1. The molecule has 1 N–H and O–H groups in total. The summed E-state index contributed by atoms with van der Waals surface area (Å²) in [5.41, 5.74) is 2.00. The van der Waals surface area contributed by atoms with E-state index in [0.29, 0.717) is 13.2 Å². The van der Waals surface area contributed by atoms with E-state index in [9.17, 15) is 4.79 Å². The minimum Gasteiger partial charge on any atom is -0.381 e. The highest BCUT2D eigenvalue weighted by Crippen LogP contribution is 2.27. The molecule has 0 aliphatic carbocycles. The van der Waals surface area contributed by atoms with Gasteiger partial charge in [-0.1, -0.05) is 13.0 Å². The third kappa shape index (κ3) is 3.12. The number of rotatable bonds is 2. The van der Waals surface area contributed by atoms with E-state index in [2.05, 4.69) is 28.2 Å². The molecule has 3 nitrogen and oxygen atoms in total. The van der Waals surface area contributed by atoms with Crippen molar-refractivity contribution < 1.29 is 9.53 Å². The molecule has 1 aliphatic heterocycles. The maximum Gasteiger partial charge on any atom is 0.227 e. The van der Waals surface area contributed by atoms with Gasteiger partial charge in [-0.2, -0.15) is 0 Å². The first-order valence-electron chi connectivity index (χ1n) is 6.22. The fourth-order valence-electron chi connectivity index (χ4n) is 2.22. The largest absolute Gasteiger partial charge is 0.381 e. The van der Waals surface area contributed by atoms with Crippen LogP contribution in [0.5, 0.6) is 0 Å². The van der Waals surface area contributed by atoms with Gasteiger partial charge >= 0.3 is 0 Å². The number of carbonyl (C=O) groups is 1. The van der Waals surface area contributed by atoms with E-state index in [1.54, 1.807) is 0 Å². The normalized spacial score (nSPS) is 23.7. The van der Waals surface area contributed by atoms with Crippen LogP contribution in [0.3, 0.4) is 0 Å². The molecule has 0 saturated carbocycles. The first-order valence-corrected chi connectivity index (χ1v) is 7.02. The number of halogens is 1. The van der Waals surface area contributed by atoms with Gasteiger partial charge in [-0.05, 0) is 52.9 Å². The molecule has 98 valence electrons. The molecule has 1 heterocycles. The summed E-state index contributed by atoms with van der Waals surface area (Å²) in [5, 5.41) is 3.00. The lowest BCUT2D eigenvalue weighted by Gasteiger charge is -2.27. The van der Waals surface area contributed by atoms with Crippen LogP contribution in [-0.2, 0) is 9.53 Å². The molecule has 0 radical (unpaired) electrons. The molecule has 2 atom stereocenters. The Morgan fingerprint density at radius 3 is 2.94 bits per heavy atom. The van der Waals surface area contributed by atoms with Gasteiger partial charge in [0.25, 0.3) is 0 Å². The number of aryl methyl sites for hydroxylation is 1. The summed E-state index contributed by atoms with van der Waals surface area (Å²) in [6, 6.07) is 5.93. The van der Waals surface area contributed by atoms with Crippen molar-refractivity contribution in [3.05, 3.63) is 28.2 Å². The molecule has 2 unspecified atom stereocenters. The number of ether oxygens (including phenoxy) is 1. The van der Waals surface area contributed by atoms with E-state index in [0.717, 1.165) is 16.6 Å². The molecule has 1 amide bonds. The Hall–Kier alpha value is -0.870. The first-order chi connectivity index (χ1) is 8.58. The van der Waals surface area contributed by atoms with E-state index in [1.807, 2.05) is 25.1 Å². The maximum atomic E-state index is 12.2. The van der Waals surface area contributed by atoms with Crippen molar-refractivity contribution in [2.45, 2.75) is 20.3 Å². The quantitative estimate of drug-likeness (QED) is 0.909. The molecule has 1 fully saturated rings. The standard InChI is InChI=1S/C14H18BrNO2/c1-9-3-4-13(12(15)7-9)16-14(17)11-5-6-18-8-10(11)2/h3-4,7,10-11H,5-6,8H2,1-2H3,(H,16,17).